The second-order valence-corrected chi connectivity index (χ2v) is 10.4. The Balaban J connectivity index is 1.41. The van der Waals surface area contributed by atoms with Crippen LogP contribution in [0.2, 0.25) is 0 Å². The number of amides is 2. The molecular formula is C25H33N3O5S. The number of benzene rings is 2. The minimum Gasteiger partial charge on any atom is -0.497 e. The summed E-state index contributed by atoms with van der Waals surface area (Å²) >= 11 is 0. The number of carbonyl (C=O) groups is 2. The van der Waals surface area contributed by atoms with Gasteiger partial charge in [-0.05, 0) is 62.4 Å². The first kappa shape index (κ1) is 25.7. The normalized spacial score (nSPS) is 15.9. The van der Waals surface area contributed by atoms with Crippen molar-refractivity contribution in [3.63, 3.8) is 0 Å². The van der Waals surface area contributed by atoms with Crippen molar-refractivity contribution >= 4 is 21.8 Å². The SMILES string of the molecule is COc1ccc(S(=O)(=O)N2CCC(C(=O)N[C@@H](C)C(=O)NCCCc3ccccc3)CC2)cc1. The van der Waals surface area contributed by atoms with Gasteiger partial charge in [0.15, 0.2) is 0 Å². The van der Waals surface area contributed by atoms with Crippen LogP contribution in [-0.4, -0.2) is 57.3 Å². The smallest absolute Gasteiger partial charge is 0.243 e. The maximum absolute atomic E-state index is 12.9. The molecule has 2 N–H and O–H groups in total. The summed E-state index contributed by atoms with van der Waals surface area (Å²) in [6.45, 7) is 2.71. The van der Waals surface area contributed by atoms with Gasteiger partial charge in [-0.1, -0.05) is 30.3 Å². The highest BCUT2D eigenvalue weighted by Crippen LogP contribution is 2.25. The molecule has 0 radical (unpaired) electrons. The van der Waals surface area contributed by atoms with Crippen LogP contribution in [0, 0.1) is 5.92 Å². The fraction of sp³-hybridized carbons (Fsp3) is 0.440. The van der Waals surface area contributed by atoms with E-state index in [9.17, 15) is 18.0 Å². The Bertz CT molecular complexity index is 1050. The Kier molecular flexibility index (Phi) is 9.06. The molecule has 1 fully saturated rings. The van der Waals surface area contributed by atoms with Gasteiger partial charge >= 0.3 is 0 Å². The van der Waals surface area contributed by atoms with Gasteiger partial charge in [-0.15, -0.1) is 0 Å². The van der Waals surface area contributed by atoms with E-state index in [-0.39, 0.29) is 35.7 Å². The van der Waals surface area contributed by atoms with Crippen LogP contribution >= 0.6 is 0 Å². The molecular weight excluding hydrogens is 454 g/mol. The van der Waals surface area contributed by atoms with Gasteiger partial charge in [0.05, 0.1) is 12.0 Å². The van der Waals surface area contributed by atoms with Crippen molar-refractivity contribution in [2.75, 3.05) is 26.7 Å². The molecule has 0 aliphatic carbocycles. The van der Waals surface area contributed by atoms with E-state index in [0.29, 0.717) is 25.1 Å². The Morgan fingerprint density at radius 1 is 1.06 bits per heavy atom. The molecule has 2 amide bonds. The molecule has 0 spiro atoms. The van der Waals surface area contributed by atoms with Crippen LogP contribution < -0.4 is 15.4 Å². The van der Waals surface area contributed by atoms with Crippen molar-refractivity contribution < 1.29 is 22.7 Å². The Morgan fingerprint density at radius 3 is 2.32 bits per heavy atom. The lowest BCUT2D eigenvalue weighted by Crippen LogP contribution is -2.49. The number of ether oxygens (including phenoxy) is 1. The van der Waals surface area contributed by atoms with E-state index in [1.807, 2.05) is 18.2 Å². The molecule has 0 bridgehead atoms. The van der Waals surface area contributed by atoms with E-state index in [4.69, 9.17) is 4.74 Å². The first-order valence-electron chi connectivity index (χ1n) is 11.6. The number of methoxy groups -OCH3 is 1. The molecule has 1 heterocycles. The number of nitrogens with zero attached hydrogens (tertiary/aromatic N) is 1. The number of carbonyl (C=O) groups excluding carboxylic acids is 2. The molecule has 0 saturated carbocycles. The number of hydrogen-bond acceptors (Lipinski definition) is 5. The topological polar surface area (TPSA) is 105 Å². The lowest BCUT2D eigenvalue weighted by Gasteiger charge is -2.31. The van der Waals surface area contributed by atoms with E-state index in [0.717, 1.165) is 12.8 Å². The predicted molar refractivity (Wildman–Crippen MR) is 130 cm³/mol. The number of piperidine rings is 1. The van der Waals surface area contributed by atoms with Crippen molar-refractivity contribution in [3.8, 4) is 5.75 Å². The van der Waals surface area contributed by atoms with E-state index < -0.39 is 16.1 Å². The molecule has 1 saturated heterocycles. The van der Waals surface area contributed by atoms with Crippen molar-refractivity contribution in [3.05, 3.63) is 60.2 Å². The molecule has 8 nitrogen and oxygen atoms in total. The summed E-state index contributed by atoms with van der Waals surface area (Å²) in [5.41, 5.74) is 1.22. The average Bonchev–Trinajstić information content (AvgIpc) is 2.87. The first-order valence-corrected chi connectivity index (χ1v) is 13.0. The molecule has 1 aliphatic rings. The highest BCUT2D eigenvalue weighted by atomic mass is 32.2. The van der Waals surface area contributed by atoms with Gasteiger partial charge in [0.25, 0.3) is 0 Å². The van der Waals surface area contributed by atoms with Gasteiger partial charge in [0.1, 0.15) is 11.8 Å². The summed E-state index contributed by atoms with van der Waals surface area (Å²) in [6, 6.07) is 15.7. The van der Waals surface area contributed by atoms with Crippen LogP contribution in [-0.2, 0) is 26.0 Å². The maximum atomic E-state index is 12.9. The summed E-state index contributed by atoms with van der Waals surface area (Å²) in [6.07, 6.45) is 2.51. The van der Waals surface area contributed by atoms with Crippen LogP contribution in [0.3, 0.4) is 0 Å². The number of rotatable bonds is 10. The van der Waals surface area contributed by atoms with Crippen molar-refractivity contribution in [1.82, 2.24) is 14.9 Å². The quantitative estimate of drug-likeness (QED) is 0.501. The summed E-state index contributed by atoms with van der Waals surface area (Å²) in [5.74, 6) is -0.173. The van der Waals surface area contributed by atoms with E-state index in [1.54, 1.807) is 19.1 Å². The first-order chi connectivity index (χ1) is 16.3. The Labute approximate surface area is 201 Å². The zero-order chi connectivity index (χ0) is 24.6. The second-order valence-electron chi connectivity index (χ2n) is 8.46. The van der Waals surface area contributed by atoms with Gasteiger partial charge < -0.3 is 15.4 Å². The lowest BCUT2D eigenvalue weighted by atomic mass is 9.97. The molecule has 34 heavy (non-hydrogen) atoms. The van der Waals surface area contributed by atoms with Crippen molar-refractivity contribution in [2.24, 2.45) is 5.92 Å². The maximum Gasteiger partial charge on any atom is 0.243 e. The van der Waals surface area contributed by atoms with E-state index in [1.165, 1.54) is 29.1 Å². The predicted octanol–water partition coefficient (Wildman–Crippen LogP) is 2.35. The standard InChI is InChI=1S/C25H33N3O5S/c1-19(24(29)26-16-6-9-20-7-4-3-5-8-20)27-25(30)21-14-17-28(18-15-21)34(31,32)23-12-10-22(33-2)11-13-23/h3-5,7-8,10-13,19,21H,6,9,14-18H2,1-2H3,(H,26,29)(H,27,30)/t19-/m0/s1. The largest absolute Gasteiger partial charge is 0.497 e. The fourth-order valence-corrected chi connectivity index (χ4v) is 5.42. The van der Waals surface area contributed by atoms with Crippen molar-refractivity contribution in [1.29, 1.82) is 0 Å². The molecule has 1 aliphatic heterocycles. The zero-order valence-electron chi connectivity index (χ0n) is 19.7. The van der Waals surface area contributed by atoms with Gasteiger partial charge in [-0.3, -0.25) is 9.59 Å². The summed E-state index contributed by atoms with van der Waals surface area (Å²) in [5, 5.41) is 5.64. The van der Waals surface area contributed by atoms with Crippen LogP contribution in [0.25, 0.3) is 0 Å². The van der Waals surface area contributed by atoms with Crippen LogP contribution in [0.1, 0.15) is 31.7 Å². The molecule has 2 aromatic carbocycles. The number of sulfonamides is 1. The lowest BCUT2D eigenvalue weighted by molar-refractivity contribution is -0.131. The highest BCUT2D eigenvalue weighted by Gasteiger charge is 2.32. The van der Waals surface area contributed by atoms with Crippen LogP contribution in [0.15, 0.2) is 59.5 Å². The third-order valence-electron chi connectivity index (χ3n) is 6.06. The minimum atomic E-state index is -3.62. The van der Waals surface area contributed by atoms with Gasteiger partial charge in [-0.2, -0.15) is 4.31 Å². The van der Waals surface area contributed by atoms with Crippen molar-refractivity contribution in [2.45, 2.75) is 43.5 Å². The molecule has 1 atom stereocenters. The highest BCUT2D eigenvalue weighted by molar-refractivity contribution is 7.89. The zero-order valence-corrected chi connectivity index (χ0v) is 20.5. The van der Waals surface area contributed by atoms with Gasteiger partial charge in [0.2, 0.25) is 21.8 Å². The third-order valence-corrected chi connectivity index (χ3v) is 7.97. The van der Waals surface area contributed by atoms with Crippen LogP contribution in [0.4, 0.5) is 0 Å². The molecule has 9 heteroatoms. The average molecular weight is 488 g/mol. The number of aryl methyl sites for hydroxylation is 1. The molecule has 184 valence electrons. The van der Waals surface area contributed by atoms with E-state index >= 15 is 0 Å². The summed E-state index contributed by atoms with van der Waals surface area (Å²) in [4.78, 5) is 25.2. The molecule has 3 rings (SSSR count). The van der Waals surface area contributed by atoms with E-state index in [2.05, 4.69) is 22.8 Å². The molecule has 0 aromatic heterocycles. The second kappa shape index (κ2) is 12.0. The monoisotopic (exact) mass is 487 g/mol. The van der Waals surface area contributed by atoms with Crippen LogP contribution in [0.5, 0.6) is 5.75 Å². The van der Waals surface area contributed by atoms with Gasteiger partial charge in [-0.25, -0.2) is 8.42 Å². The summed E-state index contributed by atoms with van der Waals surface area (Å²) < 4.78 is 32.2. The van der Waals surface area contributed by atoms with Gasteiger partial charge in [0, 0.05) is 25.6 Å². The summed E-state index contributed by atoms with van der Waals surface area (Å²) in [7, 11) is -2.10. The molecule has 2 aromatic rings. The number of nitrogens with one attached hydrogen (secondary N) is 2. The Hall–Kier alpha value is -2.91. The minimum absolute atomic E-state index is 0.203. The fourth-order valence-electron chi connectivity index (χ4n) is 3.95. The molecule has 0 unspecified atom stereocenters. The third kappa shape index (κ3) is 6.80. The Morgan fingerprint density at radius 2 is 1.71 bits per heavy atom. The number of hydrogen-bond donors (Lipinski definition) is 2.